The molecule has 1 amide bonds. The fraction of sp³-hybridized carbons (Fsp3) is 0.120. The Balaban J connectivity index is 1.43. The van der Waals surface area contributed by atoms with Crippen molar-refractivity contribution < 1.29 is 13.9 Å². The van der Waals surface area contributed by atoms with E-state index in [1.54, 1.807) is 41.9 Å². The Bertz CT molecular complexity index is 1220. The van der Waals surface area contributed by atoms with Crippen molar-refractivity contribution in [1.29, 1.82) is 0 Å². The number of amides is 1. The number of carbonyl (C=O) groups excluding carboxylic acids is 1. The van der Waals surface area contributed by atoms with Crippen LogP contribution in [0.5, 0.6) is 0 Å². The molecule has 0 radical (unpaired) electrons. The summed E-state index contributed by atoms with van der Waals surface area (Å²) in [4.78, 5) is 18.0. The van der Waals surface area contributed by atoms with E-state index in [9.17, 15) is 9.36 Å². The van der Waals surface area contributed by atoms with Gasteiger partial charge in [-0.25, -0.2) is 0 Å². The van der Waals surface area contributed by atoms with E-state index >= 15 is 0 Å². The molecule has 0 bridgehead atoms. The summed E-state index contributed by atoms with van der Waals surface area (Å²) in [5.41, 5.74) is 10.7. The summed E-state index contributed by atoms with van der Waals surface area (Å²) in [6, 6.07) is 20.8. The minimum absolute atomic E-state index is 0.221. The highest BCUT2D eigenvalue weighted by molar-refractivity contribution is 7.17. The minimum atomic E-state index is -1.31. The van der Waals surface area contributed by atoms with Crippen LogP contribution >= 0.6 is 20.0 Å². The van der Waals surface area contributed by atoms with Gasteiger partial charge in [-0.3, -0.25) is 14.3 Å². The molecule has 0 spiro atoms. The van der Waals surface area contributed by atoms with E-state index in [1.165, 1.54) is 0 Å². The van der Waals surface area contributed by atoms with Crippen LogP contribution in [0.15, 0.2) is 84.5 Å². The molecule has 6 nitrogen and oxygen atoms in total. The minimum Gasteiger partial charge on any atom is -0.397 e. The van der Waals surface area contributed by atoms with Gasteiger partial charge in [0.25, 0.3) is 5.91 Å². The van der Waals surface area contributed by atoms with E-state index < -0.39 is 8.69 Å². The number of nitrogens with one attached hydrogen (secondary N) is 1. The van der Waals surface area contributed by atoms with Crippen LogP contribution < -0.4 is 11.1 Å². The molecule has 0 saturated carbocycles. The van der Waals surface area contributed by atoms with Crippen LogP contribution in [0.3, 0.4) is 0 Å². The van der Waals surface area contributed by atoms with E-state index in [-0.39, 0.29) is 12.0 Å². The molecule has 33 heavy (non-hydrogen) atoms. The Morgan fingerprint density at radius 1 is 1.06 bits per heavy atom. The van der Waals surface area contributed by atoms with Gasteiger partial charge >= 0.3 is 0 Å². The summed E-state index contributed by atoms with van der Waals surface area (Å²) in [7, 11) is -1.31. The van der Waals surface area contributed by atoms with Crippen LogP contribution in [-0.4, -0.2) is 17.0 Å². The largest absolute Gasteiger partial charge is 0.397 e. The number of aromatic nitrogens is 1. The number of carbonyl (C=O) groups is 1. The third-order valence-corrected chi connectivity index (χ3v) is 6.64. The van der Waals surface area contributed by atoms with Crippen LogP contribution in [0, 0.1) is 0 Å². The van der Waals surface area contributed by atoms with Crippen LogP contribution in [0.1, 0.15) is 21.5 Å². The van der Waals surface area contributed by atoms with Gasteiger partial charge in [-0.2, -0.15) is 0 Å². The van der Waals surface area contributed by atoms with Gasteiger partial charge in [-0.1, -0.05) is 30.3 Å². The average molecular weight is 478 g/mol. The number of nitrogens with zero attached hydrogens (tertiary/aromatic N) is 1. The maximum atomic E-state index is 12.8. The molecule has 4 rings (SSSR count). The van der Waals surface area contributed by atoms with Gasteiger partial charge < -0.3 is 15.6 Å². The summed E-state index contributed by atoms with van der Waals surface area (Å²) in [5.74, 6) is -0.233. The Hall–Kier alpha value is -3.25. The first kappa shape index (κ1) is 22.9. The highest BCUT2D eigenvalue weighted by Gasteiger charge is 2.13. The second-order valence-corrected chi connectivity index (χ2v) is 8.97. The summed E-state index contributed by atoms with van der Waals surface area (Å²) >= 11 is 1.63. The lowest BCUT2D eigenvalue weighted by Crippen LogP contribution is -2.16. The van der Waals surface area contributed by atoms with Crippen molar-refractivity contribution in [1.82, 2.24) is 4.98 Å². The molecule has 2 aromatic carbocycles. The third-order valence-electron chi connectivity index (χ3n) is 5.22. The molecular weight excluding hydrogens is 453 g/mol. The average Bonchev–Trinajstić information content (AvgIpc) is 3.37. The van der Waals surface area contributed by atoms with Gasteiger partial charge in [0.1, 0.15) is 0 Å². The lowest BCUT2D eigenvalue weighted by atomic mass is 10.0. The zero-order valence-corrected chi connectivity index (χ0v) is 19.8. The first-order valence-electron chi connectivity index (χ1n) is 10.4. The number of benzene rings is 2. The normalized spacial score (nSPS) is 12.1. The zero-order chi connectivity index (χ0) is 23.0. The Morgan fingerprint density at radius 3 is 2.58 bits per heavy atom. The van der Waals surface area contributed by atoms with E-state index in [2.05, 4.69) is 10.3 Å². The first-order valence-corrected chi connectivity index (χ1v) is 12.3. The number of nitrogens with two attached hydrogens (primary N) is 1. The molecule has 0 saturated heterocycles. The van der Waals surface area contributed by atoms with Crippen molar-refractivity contribution in [3.05, 3.63) is 101 Å². The van der Waals surface area contributed by atoms with Crippen molar-refractivity contribution in [3.63, 3.8) is 0 Å². The molecule has 8 heteroatoms. The van der Waals surface area contributed by atoms with Gasteiger partial charge in [0.15, 0.2) is 8.69 Å². The van der Waals surface area contributed by atoms with Gasteiger partial charge in [0.2, 0.25) is 0 Å². The molecule has 0 aliphatic carbocycles. The van der Waals surface area contributed by atoms with Crippen molar-refractivity contribution >= 4 is 37.3 Å². The summed E-state index contributed by atoms with van der Waals surface area (Å²) in [6.45, 7) is 0. The molecule has 2 aromatic heterocycles. The molecule has 2 heterocycles. The molecule has 2 unspecified atom stereocenters. The SMILES string of the molecule is Nc1ccc(-c2cccs2)cc1NC(=O)c1ccc(CC(Cc2cccnc2)O[PH2]=O)cc1. The summed E-state index contributed by atoms with van der Waals surface area (Å²) < 4.78 is 16.6. The predicted molar refractivity (Wildman–Crippen MR) is 135 cm³/mol. The van der Waals surface area contributed by atoms with Gasteiger partial charge in [0.05, 0.1) is 17.5 Å². The van der Waals surface area contributed by atoms with Crippen molar-refractivity contribution in [2.24, 2.45) is 0 Å². The number of anilines is 2. The second kappa shape index (κ2) is 11.1. The summed E-state index contributed by atoms with van der Waals surface area (Å²) in [6.07, 6.45) is 4.48. The number of hydrogen-bond donors (Lipinski definition) is 2. The highest BCUT2D eigenvalue weighted by Crippen LogP contribution is 2.30. The maximum Gasteiger partial charge on any atom is 0.255 e. The molecule has 0 aliphatic heterocycles. The van der Waals surface area contributed by atoms with E-state index in [1.807, 2.05) is 53.9 Å². The van der Waals surface area contributed by atoms with Crippen molar-refractivity contribution in [2.45, 2.75) is 18.9 Å². The smallest absolute Gasteiger partial charge is 0.255 e. The highest BCUT2D eigenvalue weighted by atomic mass is 32.1. The van der Waals surface area contributed by atoms with Crippen LogP contribution in [-0.2, 0) is 21.9 Å². The van der Waals surface area contributed by atoms with E-state index in [4.69, 9.17) is 10.3 Å². The van der Waals surface area contributed by atoms with Crippen LogP contribution in [0.25, 0.3) is 10.4 Å². The quantitative estimate of drug-likeness (QED) is 0.246. The van der Waals surface area contributed by atoms with Crippen molar-refractivity contribution in [2.75, 3.05) is 11.1 Å². The number of nitrogen functional groups attached to an aromatic ring is 1. The van der Waals surface area contributed by atoms with E-state index in [0.29, 0.717) is 29.8 Å². The van der Waals surface area contributed by atoms with Gasteiger partial charge in [-0.15, -0.1) is 11.3 Å². The standard InChI is InChI=1S/C25H24N3O3PS/c26-22-10-9-20(24-4-2-12-33-24)15-23(22)28-25(29)19-7-5-17(6-8-19)13-21(31-32-30)14-18-3-1-11-27-16-18/h1-12,15-16,21H,13-14,26,32H2,(H,28,29). The Kier molecular flexibility index (Phi) is 7.68. The van der Waals surface area contributed by atoms with Crippen LogP contribution in [0.2, 0.25) is 0 Å². The fourth-order valence-electron chi connectivity index (χ4n) is 3.54. The lowest BCUT2D eigenvalue weighted by molar-refractivity contribution is 0.102. The predicted octanol–water partition coefficient (Wildman–Crippen LogP) is 5.49. The lowest BCUT2D eigenvalue weighted by Gasteiger charge is -2.15. The zero-order valence-electron chi connectivity index (χ0n) is 17.8. The second-order valence-electron chi connectivity index (χ2n) is 7.55. The Labute approximate surface area is 197 Å². The maximum absolute atomic E-state index is 12.8. The van der Waals surface area contributed by atoms with Gasteiger partial charge in [0, 0.05) is 29.3 Å². The monoisotopic (exact) mass is 477 g/mol. The topological polar surface area (TPSA) is 94.3 Å². The van der Waals surface area contributed by atoms with Crippen LogP contribution in [0.4, 0.5) is 11.4 Å². The fourth-order valence-corrected chi connectivity index (χ4v) is 4.61. The molecule has 3 N–H and O–H groups in total. The number of thiophene rings is 1. The van der Waals surface area contributed by atoms with Crippen molar-refractivity contribution in [3.8, 4) is 10.4 Å². The molecule has 0 fully saturated rings. The molecule has 2 atom stereocenters. The molecule has 168 valence electrons. The molecule has 4 aromatic rings. The Morgan fingerprint density at radius 2 is 1.88 bits per heavy atom. The number of hydrogen-bond acceptors (Lipinski definition) is 6. The summed E-state index contributed by atoms with van der Waals surface area (Å²) in [5, 5.41) is 4.92. The molecule has 0 aliphatic rings. The number of rotatable bonds is 9. The van der Waals surface area contributed by atoms with Gasteiger partial charge in [-0.05, 0) is 64.9 Å². The number of pyridine rings is 1. The third kappa shape index (κ3) is 6.17. The first-order chi connectivity index (χ1) is 16.1. The van der Waals surface area contributed by atoms with E-state index in [0.717, 1.165) is 21.6 Å². The molecular formula is C25H24N3O3PS.